The van der Waals surface area contributed by atoms with Gasteiger partial charge in [0.25, 0.3) is 5.91 Å². The predicted molar refractivity (Wildman–Crippen MR) is 103 cm³/mol. The van der Waals surface area contributed by atoms with E-state index >= 15 is 0 Å². The third-order valence-corrected chi connectivity index (χ3v) is 5.77. The average molecular weight is 371 g/mol. The van der Waals surface area contributed by atoms with Crippen LogP contribution in [0.2, 0.25) is 0 Å². The van der Waals surface area contributed by atoms with E-state index in [1.54, 1.807) is 21.9 Å². The van der Waals surface area contributed by atoms with Crippen molar-refractivity contribution in [2.75, 3.05) is 19.6 Å². The van der Waals surface area contributed by atoms with Crippen molar-refractivity contribution in [1.29, 1.82) is 0 Å². The molecular weight excluding hydrogens is 342 g/mol. The summed E-state index contributed by atoms with van der Waals surface area (Å²) in [6.07, 6.45) is 3.37. The SMILES string of the molecule is CCN(CC)C(=O)[C@@H]1C[C@H](NC(=O)c2ccccc2)CN1C(=O)C1CCC1. The first-order valence-corrected chi connectivity index (χ1v) is 10.00. The summed E-state index contributed by atoms with van der Waals surface area (Å²) in [5.41, 5.74) is 0.591. The highest BCUT2D eigenvalue weighted by atomic mass is 16.2. The molecule has 1 aromatic rings. The molecule has 2 fully saturated rings. The van der Waals surface area contributed by atoms with Crippen molar-refractivity contribution in [3.63, 3.8) is 0 Å². The topological polar surface area (TPSA) is 69.7 Å². The zero-order chi connectivity index (χ0) is 19.4. The number of amides is 3. The highest BCUT2D eigenvalue weighted by Crippen LogP contribution is 2.32. The van der Waals surface area contributed by atoms with Crippen LogP contribution in [0.25, 0.3) is 0 Å². The van der Waals surface area contributed by atoms with Gasteiger partial charge in [-0.15, -0.1) is 0 Å². The average Bonchev–Trinajstić information content (AvgIpc) is 3.05. The van der Waals surface area contributed by atoms with E-state index in [1.807, 2.05) is 32.0 Å². The maximum Gasteiger partial charge on any atom is 0.251 e. The normalized spacial score (nSPS) is 22.2. The second-order valence-corrected chi connectivity index (χ2v) is 7.42. The molecule has 0 unspecified atom stereocenters. The number of hydrogen-bond acceptors (Lipinski definition) is 3. The highest BCUT2D eigenvalue weighted by Gasteiger charge is 2.44. The van der Waals surface area contributed by atoms with Crippen molar-refractivity contribution in [2.24, 2.45) is 5.92 Å². The fourth-order valence-corrected chi connectivity index (χ4v) is 3.91. The molecule has 1 saturated heterocycles. The van der Waals surface area contributed by atoms with Gasteiger partial charge in [-0.05, 0) is 45.2 Å². The lowest BCUT2D eigenvalue weighted by molar-refractivity contribution is -0.147. The number of rotatable bonds is 6. The second kappa shape index (κ2) is 8.55. The van der Waals surface area contributed by atoms with Crippen molar-refractivity contribution in [1.82, 2.24) is 15.1 Å². The number of carbonyl (C=O) groups is 3. The Bertz CT molecular complexity index is 683. The summed E-state index contributed by atoms with van der Waals surface area (Å²) < 4.78 is 0. The van der Waals surface area contributed by atoms with Crippen LogP contribution in [-0.4, -0.2) is 59.2 Å². The smallest absolute Gasteiger partial charge is 0.251 e. The maximum absolute atomic E-state index is 13.0. The van der Waals surface area contributed by atoms with Gasteiger partial charge < -0.3 is 15.1 Å². The summed E-state index contributed by atoms with van der Waals surface area (Å²) >= 11 is 0. The van der Waals surface area contributed by atoms with Gasteiger partial charge in [0.05, 0.1) is 0 Å². The van der Waals surface area contributed by atoms with Gasteiger partial charge in [-0.25, -0.2) is 0 Å². The number of nitrogens with one attached hydrogen (secondary N) is 1. The van der Waals surface area contributed by atoms with Gasteiger partial charge in [-0.1, -0.05) is 24.6 Å². The van der Waals surface area contributed by atoms with Crippen LogP contribution < -0.4 is 5.32 Å². The van der Waals surface area contributed by atoms with Crippen molar-refractivity contribution in [3.8, 4) is 0 Å². The van der Waals surface area contributed by atoms with Crippen LogP contribution in [0.5, 0.6) is 0 Å². The molecule has 2 atom stereocenters. The first kappa shape index (κ1) is 19.4. The minimum absolute atomic E-state index is 0.0101. The second-order valence-electron chi connectivity index (χ2n) is 7.42. The molecule has 0 spiro atoms. The lowest BCUT2D eigenvalue weighted by atomic mass is 9.84. The molecule has 1 N–H and O–H groups in total. The molecule has 2 aliphatic rings. The van der Waals surface area contributed by atoms with E-state index < -0.39 is 6.04 Å². The number of benzene rings is 1. The molecule has 146 valence electrons. The molecule has 1 aromatic carbocycles. The molecular formula is C21H29N3O3. The molecule has 3 rings (SSSR count). The summed E-state index contributed by atoms with van der Waals surface area (Å²) in [6.45, 7) is 5.55. The van der Waals surface area contributed by atoms with E-state index in [2.05, 4.69) is 5.32 Å². The third kappa shape index (κ3) is 4.15. The molecule has 1 aliphatic carbocycles. The fourth-order valence-electron chi connectivity index (χ4n) is 3.91. The van der Waals surface area contributed by atoms with E-state index in [0.717, 1.165) is 19.3 Å². The molecule has 0 bridgehead atoms. The third-order valence-electron chi connectivity index (χ3n) is 5.77. The van der Waals surface area contributed by atoms with Crippen molar-refractivity contribution in [2.45, 2.75) is 51.6 Å². The monoisotopic (exact) mass is 371 g/mol. The Hall–Kier alpha value is -2.37. The number of nitrogens with zero attached hydrogens (tertiary/aromatic N) is 2. The van der Waals surface area contributed by atoms with E-state index in [0.29, 0.717) is 31.6 Å². The molecule has 0 radical (unpaired) electrons. The van der Waals surface area contributed by atoms with Crippen LogP contribution in [0.15, 0.2) is 30.3 Å². The van der Waals surface area contributed by atoms with Gasteiger partial charge in [-0.2, -0.15) is 0 Å². The standard InChI is InChI=1S/C21H29N3O3/c1-3-23(4-2)21(27)18-13-17(14-24(18)20(26)16-11-8-12-16)22-19(25)15-9-6-5-7-10-15/h5-7,9-10,16-18H,3-4,8,11-14H2,1-2H3,(H,22,25)/t17-,18-/m0/s1. The van der Waals surface area contributed by atoms with Crippen molar-refractivity contribution in [3.05, 3.63) is 35.9 Å². The zero-order valence-electron chi connectivity index (χ0n) is 16.2. The Morgan fingerprint density at radius 2 is 1.78 bits per heavy atom. The van der Waals surface area contributed by atoms with Crippen LogP contribution in [-0.2, 0) is 9.59 Å². The van der Waals surface area contributed by atoms with Crippen molar-refractivity contribution >= 4 is 17.7 Å². The van der Waals surface area contributed by atoms with Crippen LogP contribution >= 0.6 is 0 Å². The van der Waals surface area contributed by atoms with Gasteiger partial charge in [0.1, 0.15) is 6.04 Å². The molecule has 6 heteroatoms. The zero-order valence-corrected chi connectivity index (χ0v) is 16.2. The van der Waals surface area contributed by atoms with Crippen molar-refractivity contribution < 1.29 is 14.4 Å². The Kier molecular flexibility index (Phi) is 6.14. The molecule has 3 amide bonds. The lowest BCUT2D eigenvalue weighted by Crippen LogP contribution is -2.50. The van der Waals surface area contributed by atoms with E-state index in [9.17, 15) is 14.4 Å². The summed E-state index contributed by atoms with van der Waals surface area (Å²) in [7, 11) is 0. The quantitative estimate of drug-likeness (QED) is 0.832. The van der Waals surface area contributed by atoms with E-state index in [4.69, 9.17) is 0 Å². The van der Waals surface area contributed by atoms with Gasteiger partial charge in [0.2, 0.25) is 11.8 Å². The summed E-state index contributed by atoms with van der Waals surface area (Å²) in [5.74, 6) is -0.0551. The number of likely N-dealkylation sites (N-methyl/N-ethyl adjacent to an activating group) is 1. The number of carbonyl (C=O) groups excluding carboxylic acids is 3. The molecule has 0 aromatic heterocycles. The Balaban J connectivity index is 1.73. The van der Waals surface area contributed by atoms with Gasteiger partial charge in [0.15, 0.2) is 0 Å². The summed E-state index contributed by atoms with van der Waals surface area (Å²) in [6, 6.07) is 8.36. The number of hydrogen-bond donors (Lipinski definition) is 1. The van der Waals surface area contributed by atoms with Crippen LogP contribution in [0.3, 0.4) is 0 Å². The van der Waals surface area contributed by atoms with Crippen LogP contribution in [0.1, 0.15) is 49.9 Å². The minimum Gasteiger partial charge on any atom is -0.347 e. The lowest BCUT2D eigenvalue weighted by Gasteiger charge is -2.34. The molecule has 27 heavy (non-hydrogen) atoms. The highest BCUT2D eigenvalue weighted by molar-refractivity contribution is 5.95. The Labute approximate surface area is 160 Å². The molecule has 1 aliphatic heterocycles. The largest absolute Gasteiger partial charge is 0.347 e. The van der Waals surface area contributed by atoms with E-state index in [-0.39, 0.29) is 29.7 Å². The molecule has 1 saturated carbocycles. The summed E-state index contributed by atoms with van der Waals surface area (Å²) in [4.78, 5) is 41.8. The van der Waals surface area contributed by atoms with Crippen LogP contribution in [0.4, 0.5) is 0 Å². The minimum atomic E-state index is -0.473. The Morgan fingerprint density at radius 1 is 1.11 bits per heavy atom. The fraction of sp³-hybridized carbons (Fsp3) is 0.571. The first-order valence-electron chi connectivity index (χ1n) is 10.00. The van der Waals surface area contributed by atoms with Gasteiger partial charge in [0, 0.05) is 37.2 Å². The summed E-state index contributed by atoms with van der Waals surface area (Å²) in [5, 5.41) is 3.01. The Morgan fingerprint density at radius 3 is 2.33 bits per heavy atom. The van der Waals surface area contributed by atoms with Crippen LogP contribution in [0, 0.1) is 5.92 Å². The number of likely N-dealkylation sites (tertiary alicyclic amines) is 1. The van der Waals surface area contributed by atoms with Gasteiger partial charge in [-0.3, -0.25) is 14.4 Å². The maximum atomic E-state index is 13.0. The molecule has 6 nitrogen and oxygen atoms in total. The van der Waals surface area contributed by atoms with Gasteiger partial charge >= 0.3 is 0 Å². The molecule has 1 heterocycles. The van der Waals surface area contributed by atoms with E-state index in [1.165, 1.54) is 0 Å². The first-order chi connectivity index (χ1) is 13.0. The predicted octanol–water partition coefficient (Wildman–Crippen LogP) is 2.05.